The van der Waals surface area contributed by atoms with E-state index in [0.717, 1.165) is 21.9 Å². The van der Waals surface area contributed by atoms with Gasteiger partial charge in [-0.1, -0.05) is 66.7 Å². The highest BCUT2D eigenvalue weighted by atomic mass is 16.5. The number of hydrogen-bond acceptors (Lipinski definition) is 6. The summed E-state index contributed by atoms with van der Waals surface area (Å²) in [6.45, 7) is 3.31. The van der Waals surface area contributed by atoms with E-state index in [4.69, 9.17) is 10.5 Å². The maximum Gasteiger partial charge on any atom is 0.251 e. The summed E-state index contributed by atoms with van der Waals surface area (Å²) in [6.07, 6.45) is 3.06. The van der Waals surface area contributed by atoms with Crippen molar-refractivity contribution in [2.45, 2.75) is 38.1 Å². The molecule has 0 fully saturated rings. The van der Waals surface area contributed by atoms with Crippen LogP contribution in [0.4, 0.5) is 5.69 Å². The van der Waals surface area contributed by atoms with Gasteiger partial charge in [-0.3, -0.25) is 19.1 Å². The highest BCUT2D eigenvalue weighted by Crippen LogP contribution is 2.25. The zero-order valence-corrected chi connectivity index (χ0v) is 23.7. The molecule has 3 aromatic carbocycles. The highest BCUT2D eigenvalue weighted by molar-refractivity contribution is 5.98. The van der Waals surface area contributed by atoms with Crippen LogP contribution in [0.15, 0.2) is 85.2 Å². The number of fused-ring (bicyclic) bond motifs is 1. The van der Waals surface area contributed by atoms with E-state index in [-0.39, 0.29) is 19.1 Å². The number of anilines is 1. The average Bonchev–Trinajstić information content (AvgIpc) is 3.40. The molecule has 0 spiro atoms. The number of rotatable bonds is 11. The number of nitrogens with two attached hydrogens (primary N) is 1. The Morgan fingerprint density at radius 1 is 1.00 bits per heavy atom. The van der Waals surface area contributed by atoms with Crippen molar-refractivity contribution in [1.29, 1.82) is 0 Å². The Morgan fingerprint density at radius 2 is 1.68 bits per heavy atom. The highest BCUT2D eigenvalue weighted by Gasteiger charge is 2.29. The summed E-state index contributed by atoms with van der Waals surface area (Å²) in [5.41, 5.74) is 6.81. The van der Waals surface area contributed by atoms with Gasteiger partial charge in [0.25, 0.3) is 5.91 Å². The first-order valence-electron chi connectivity index (χ1n) is 13.3. The monoisotopic (exact) mass is 556 g/mol. The van der Waals surface area contributed by atoms with Crippen LogP contribution in [0, 0.1) is 0 Å². The van der Waals surface area contributed by atoms with Crippen molar-refractivity contribution in [3.05, 3.63) is 96.3 Å². The zero-order valence-electron chi connectivity index (χ0n) is 23.7. The van der Waals surface area contributed by atoms with Crippen LogP contribution in [0.1, 0.15) is 31.0 Å². The third-order valence-corrected chi connectivity index (χ3v) is 6.50. The van der Waals surface area contributed by atoms with Crippen molar-refractivity contribution >= 4 is 34.2 Å². The number of amides is 3. The molecular weight excluding hydrogens is 520 g/mol. The second kappa shape index (κ2) is 12.8. The third-order valence-electron chi connectivity index (χ3n) is 6.50. The summed E-state index contributed by atoms with van der Waals surface area (Å²) in [5.74, 6) is -1.17. The van der Waals surface area contributed by atoms with Crippen molar-refractivity contribution < 1.29 is 19.1 Å². The smallest absolute Gasteiger partial charge is 0.251 e. The summed E-state index contributed by atoms with van der Waals surface area (Å²) < 4.78 is 7.28. The molecule has 0 aliphatic heterocycles. The molecule has 1 aromatic heterocycles. The first-order chi connectivity index (χ1) is 19.5. The fourth-order valence-corrected chi connectivity index (χ4v) is 4.20. The summed E-state index contributed by atoms with van der Waals surface area (Å²) in [5, 5.41) is 11.9. The fraction of sp³-hybridized carbons (Fsp3) is 0.290. The van der Waals surface area contributed by atoms with Gasteiger partial charge in [-0.05, 0) is 41.8 Å². The summed E-state index contributed by atoms with van der Waals surface area (Å²) in [6, 6.07) is 21.5. The largest absolute Gasteiger partial charge is 0.374 e. The molecule has 1 unspecified atom stereocenters. The van der Waals surface area contributed by atoms with Crippen LogP contribution in [0.25, 0.3) is 10.8 Å². The van der Waals surface area contributed by atoms with E-state index in [0.29, 0.717) is 5.69 Å². The summed E-state index contributed by atoms with van der Waals surface area (Å²) >= 11 is 0. The number of nitrogens with one attached hydrogen (secondary N) is 2. The van der Waals surface area contributed by atoms with Crippen molar-refractivity contribution in [3.63, 3.8) is 0 Å². The number of carbonyl (C=O) groups excluding carboxylic acids is 3. The quantitative estimate of drug-likeness (QED) is 0.260. The van der Waals surface area contributed by atoms with E-state index < -0.39 is 29.4 Å². The molecule has 2 atom stereocenters. The van der Waals surface area contributed by atoms with Gasteiger partial charge < -0.3 is 26.0 Å². The van der Waals surface area contributed by atoms with Crippen LogP contribution in [-0.2, 0) is 25.7 Å². The predicted octanol–water partition coefficient (Wildman–Crippen LogP) is 3.09. The van der Waals surface area contributed by atoms with Gasteiger partial charge in [-0.15, -0.1) is 0 Å². The number of hydrogen-bond donors (Lipinski definition) is 3. The van der Waals surface area contributed by atoms with Crippen LogP contribution in [-0.4, -0.2) is 64.7 Å². The van der Waals surface area contributed by atoms with E-state index in [9.17, 15) is 14.4 Å². The second-order valence-electron chi connectivity index (χ2n) is 10.7. The maximum absolute atomic E-state index is 13.3. The van der Waals surface area contributed by atoms with E-state index in [1.54, 1.807) is 34.1 Å². The molecule has 41 heavy (non-hydrogen) atoms. The SMILES string of the molecule is CN(C)C(=O)C(c1ccc2ccccc2c1)n1cc(NC(=O)[C@@H](COCc2ccccc2)NC(=O)C(C)(C)N)cn1. The zero-order chi connectivity index (χ0) is 29.6. The van der Waals surface area contributed by atoms with Crippen LogP contribution >= 0.6 is 0 Å². The molecule has 3 amide bonds. The molecule has 4 N–H and O–H groups in total. The first-order valence-corrected chi connectivity index (χ1v) is 13.3. The van der Waals surface area contributed by atoms with Crippen molar-refractivity contribution in [2.24, 2.45) is 5.73 Å². The van der Waals surface area contributed by atoms with Gasteiger partial charge in [-0.2, -0.15) is 5.10 Å². The molecule has 1 heterocycles. The van der Waals surface area contributed by atoms with Crippen LogP contribution in [0.2, 0.25) is 0 Å². The maximum atomic E-state index is 13.3. The molecule has 0 bridgehead atoms. The average molecular weight is 557 g/mol. The second-order valence-corrected chi connectivity index (χ2v) is 10.7. The molecule has 214 valence electrons. The summed E-state index contributed by atoms with van der Waals surface area (Å²) in [4.78, 5) is 40.7. The van der Waals surface area contributed by atoms with Gasteiger partial charge in [0, 0.05) is 20.3 Å². The molecule has 10 heteroatoms. The molecule has 0 saturated heterocycles. The first kappa shape index (κ1) is 29.4. The molecule has 0 aliphatic rings. The lowest BCUT2D eigenvalue weighted by molar-refractivity contribution is -0.131. The Kier molecular flexibility index (Phi) is 9.16. The van der Waals surface area contributed by atoms with E-state index in [1.165, 1.54) is 15.8 Å². The molecule has 4 aromatic rings. The van der Waals surface area contributed by atoms with Gasteiger partial charge >= 0.3 is 0 Å². The molecular formula is C31H36N6O4. The Balaban J connectivity index is 1.53. The van der Waals surface area contributed by atoms with Gasteiger partial charge in [0.15, 0.2) is 6.04 Å². The normalized spacial score (nSPS) is 12.9. The molecule has 10 nitrogen and oxygen atoms in total. The minimum Gasteiger partial charge on any atom is -0.374 e. The van der Waals surface area contributed by atoms with Crippen molar-refractivity contribution in [2.75, 3.05) is 26.0 Å². The van der Waals surface area contributed by atoms with Crippen molar-refractivity contribution in [3.8, 4) is 0 Å². The van der Waals surface area contributed by atoms with Gasteiger partial charge in [0.2, 0.25) is 11.8 Å². The van der Waals surface area contributed by atoms with Crippen LogP contribution < -0.4 is 16.4 Å². The number of likely N-dealkylation sites (N-methyl/N-ethyl adjacent to an activating group) is 1. The third kappa shape index (κ3) is 7.56. The lowest BCUT2D eigenvalue weighted by Crippen LogP contribution is -2.56. The Hall–Kier alpha value is -4.54. The number of nitrogens with zero attached hydrogens (tertiary/aromatic N) is 3. The Morgan fingerprint density at radius 3 is 2.37 bits per heavy atom. The molecule has 4 rings (SSSR count). The number of ether oxygens (including phenoxy) is 1. The fourth-order valence-electron chi connectivity index (χ4n) is 4.20. The molecule has 0 aliphatic carbocycles. The lowest BCUT2D eigenvalue weighted by atomic mass is 10.0. The predicted molar refractivity (Wildman–Crippen MR) is 158 cm³/mol. The van der Waals surface area contributed by atoms with Gasteiger partial charge in [-0.25, -0.2) is 0 Å². The minimum atomic E-state index is -1.19. The standard InChI is InChI=1S/C31H36N6O4/c1-31(2,32)30(40)35-26(20-41-19-21-10-6-5-7-11-21)28(38)34-25-17-33-37(18-25)27(29(39)36(3)4)24-15-14-22-12-8-9-13-23(22)16-24/h5-18,26-27H,19-20,32H2,1-4H3,(H,34,38)(H,35,40)/t26-,27?/m1/s1. The number of carbonyl (C=O) groups is 3. The number of aromatic nitrogens is 2. The molecule has 0 saturated carbocycles. The van der Waals surface area contributed by atoms with Gasteiger partial charge in [0.1, 0.15) is 6.04 Å². The van der Waals surface area contributed by atoms with Gasteiger partial charge in [0.05, 0.1) is 30.6 Å². The Labute approximate surface area is 239 Å². The lowest BCUT2D eigenvalue weighted by Gasteiger charge is -2.23. The Bertz CT molecular complexity index is 1510. The van der Waals surface area contributed by atoms with Crippen molar-refractivity contribution in [1.82, 2.24) is 20.0 Å². The van der Waals surface area contributed by atoms with Crippen LogP contribution in [0.5, 0.6) is 0 Å². The van der Waals surface area contributed by atoms with Crippen LogP contribution in [0.3, 0.4) is 0 Å². The molecule has 0 radical (unpaired) electrons. The summed E-state index contributed by atoms with van der Waals surface area (Å²) in [7, 11) is 3.37. The van der Waals surface area contributed by atoms with E-state index in [2.05, 4.69) is 15.7 Å². The topological polar surface area (TPSA) is 132 Å². The number of benzene rings is 3. The minimum absolute atomic E-state index is 0.0739. The van der Waals surface area contributed by atoms with E-state index >= 15 is 0 Å². The van der Waals surface area contributed by atoms with E-state index in [1.807, 2.05) is 72.8 Å².